The highest BCUT2D eigenvalue weighted by Crippen LogP contribution is 2.26. The predicted molar refractivity (Wildman–Crippen MR) is 111 cm³/mol. The van der Waals surface area contributed by atoms with E-state index in [1.54, 1.807) is 35.8 Å². The second-order valence-corrected chi connectivity index (χ2v) is 8.03. The van der Waals surface area contributed by atoms with Crippen molar-refractivity contribution in [1.29, 1.82) is 0 Å². The average Bonchev–Trinajstić information content (AvgIpc) is 2.70. The Labute approximate surface area is 171 Å². The van der Waals surface area contributed by atoms with Crippen LogP contribution in [0.25, 0.3) is 10.9 Å². The minimum Gasteiger partial charge on any atom is -0.325 e. The second kappa shape index (κ2) is 8.73. The molecule has 0 aliphatic heterocycles. The van der Waals surface area contributed by atoms with E-state index in [2.05, 4.69) is 10.3 Å². The lowest BCUT2D eigenvalue weighted by atomic mass is 10.2. The van der Waals surface area contributed by atoms with Crippen molar-refractivity contribution in [2.45, 2.75) is 43.6 Å². The maximum Gasteiger partial charge on any atom is 0.262 e. The molecule has 0 aliphatic rings. The van der Waals surface area contributed by atoms with E-state index in [4.69, 9.17) is 0 Å². The van der Waals surface area contributed by atoms with Gasteiger partial charge in [-0.25, -0.2) is 13.8 Å². The average molecular weight is 417 g/mol. The van der Waals surface area contributed by atoms with Crippen molar-refractivity contribution in [3.8, 4) is 0 Å². The van der Waals surface area contributed by atoms with Crippen LogP contribution in [0.1, 0.15) is 33.2 Å². The summed E-state index contributed by atoms with van der Waals surface area (Å²) in [5, 5.41) is 2.91. The molecule has 0 spiro atoms. The Hall–Kier alpha value is -2.74. The van der Waals surface area contributed by atoms with Crippen LogP contribution in [-0.2, 0) is 4.79 Å². The molecular weight excluding hydrogens is 396 g/mol. The molecule has 3 aromatic rings. The number of para-hydroxylation sites is 1. The summed E-state index contributed by atoms with van der Waals surface area (Å²) in [4.78, 5) is 30.1. The molecule has 1 aromatic heterocycles. The summed E-state index contributed by atoms with van der Waals surface area (Å²) in [6.07, 6.45) is 0.725. The number of nitrogens with one attached hydrogen (secondary N) is 1. The topological polar surface area (TPSA) is 64.0 Å². The Bertz CT molecular complexity index is 1120. The number of carbonyl (C=O) groups is 1. The van der Waals surface area contributed by atoms with Crippen molar-refractivity contribution < 1.29 is 13.6 Å². The summed E-state index contributed by atoms with van der Waals surface area (Å²) in [5.41, 5.74) is 0.570. The maximum atomic E-state index is 13.4. The Kier molecular flexibility index (Phi) is 6.32. The summed E-state index contributed by atoms with van der Waals surface area (Å²) in [6.45, 7) is 5.57. The third kappa shape index (κ3) is 4.48. The molecule has 0 saturated heterocycles. The molecule has 0 fully saturated rings. The van der Waals surface area contributed by atoms with Gasteiger partial charge in [-0.05, 0) is 44.5 Å². The molecule has 3 rings (SSSR count). The van der Waals surface area contributed by atoms with Crippen LogP contribution in [0.3, 0.4) is 0 Å². The number of halogens is 2. The minimum atomic E-state index is -1.04. The van der Waals surface area contributed by atoms with Gasteiger partial charge in [0.1, 0.15) is 0 Å². The highest BCUT2D eigenvalue weighted by atomic mass is 32.2. The monoisotopic (exact) mass is 417 g/mol. The summed E-state index contributed by atoms with van der Waals surface area (Å²) < 4.78 is 28.0. The van der Waals surface area contributed by atoms with Crippen LogP contribution in [0.2, 0.25) is 0 Å². The van der Waals surface area contributed by atoms with Gasteiger partial charge in [-0.2, -0.15) is 0 Å². The first-order valence-electron chi connectivity index (χ1n) is 9.25. The van der Waals surface area contributed by atoms with Crippen molar-refractivity contribution in [1.82, 2.24) is 9.55 Å². The number of hydrogen-bond acceptors (Lipinski definition) is 4. The summed E-state index contributed by atoms with van der Waals surface area (Å²) >= 11 is 1.15. The van der Waals surface area contributed by atoms with Crippen molar-refractivity contribution in [3.05, 3.63) is 64.5 Å². The van der Waals surface area contributed by atoms with Gasteiger partial charge in [0.25, 0.3) is 5.56 Å². The zero-order valence-corrected chi connectivity index (χ0v) is 17.1. The van der Waals surface area contributed by atoms with E-state index in [1.807, 2.05) is 13.8 Å². The molecule has 0 unspecified atom stereocenters. The molecule has 5 nitrogen and oxygen atoms in total. The number of anilines is 1. The van der Waals surface area contributed by atoms with Gasteiger partial charge in [0.05, 0.1) is 16.2 Å². The van der Waals surface area contributed by atoms with Gasteiger partial charge >= 0.3 is 0 Å². The van der Waals surface area contributed by atoms with Crippen LogP contribution in [-0.4, -0.2) is 20.7 Å². The molecule has 0 aliphatic carbocycles. The second-order valence-electron chi connectivity index (χ2n) is 6.72. The fourth-order valence-corrected chi connectivity index (χ4v) is 3.82. The zero-order chi connectivity index (χ0) is 21.1. The molecule has 1 amide bonds. The van der Waals surface area contributed by atoms with E-state index in [9.17, 15) is 18.4 Å². The van der Waals surface area contributed by atoms with Crippen LogP contribution < -0.4 is 10.9 Å². The largest absolute Gasteiger partial charge is 0.325 e. The lowest BCUT2D eigenvalue weighted by molar-refractivity contribution is -0.115. The molecule has 0 radical (unpaired) electrons. The van der Waals surface area contributed by atoms with Crippen molar-refractivity contribution in [3.63, 3.8) is 0 Å². The molecule has 0 bridgehead atoms. The summed E-state index contributed by atoms with van der Waals surface area (Å²) in [5.74, 6) is -2.42. The Morgan fingerprint density at radius 2 is 1.90 bits per heavy atom. The number of thioether (sulfide) groups is 1. The van der Waals surface area contributed by atoms with E-state index in [1.165, 1.54) is 6.07 Å². The fraction of sp³-hybridized carbons (Fsp3) is 0.286. The maximum absolute atomic E-state index is 13.4. The van der Waals surface area contributed by atoms with Crippen molar-refractivity contribution in [2.75, 3.05) is 5.32 Å². The van der Waals surface area contributed by atoms with E-state index in [0.29, 0.717) is 16.1 Å². The predicted octanol–water partition coefficient (Wildman–Crippen LogP) is 4.77. The number of fused-ring (bicyclic) bond motifs is 1. The zero-order valence-electron chi connectivity index (χ0n) is 16.3. The van der Waals surface area contributed by atoms with Crippen LogP contribution in [0.15, 0.2) is 52.4 Å². The molecule has 8 heteroatoms. The van der Waals surface area contributed by atoms with Gasteiger partial charge in [-0.15, -0.1) is 0 Å². The molecule has 0 saturated carbocycles. The van der Waals surface area contributed by atoms with E-state index >= 15 is 0 Å². The highest BCUT2D eigenvalue weighted by Gasteiger charge is 2.21. The summed E-state index contributed by atoms with van der Waals surface area (Å²) in [6, 6.07) is 10.2. The number of nitrogens with zero attached hydrogens (tertiary/aromatic N) is 2. The molecule has 1 N–H and O–H groups in total. The molecule has 2 aromatic carbocycles. The van der Waals surface area contributed by atoms with Crippen molar-refractivity contribution >= 4 is 34.3 Å². The highest BCUT2D eigenvalue weighted by molar-refractivity contribution is 8.00. The minimum absolute atomic E-state index is 0.0939. The third-order valence-corrected chi connectivity index (χ3v) is 5.71. The smallest absolute Gasteiger partial charge is 0.262 e. The summed E-state index contributed by atoms with van der Waals surface area (Å²) in [7, 11) is 0. The lowest BCUT2D eigenvalue weighted by Crippen LogP contribution is -2.28. The van der Waals surface area contributed by atoms with E-state index in [-0.39, 0.29) is 17.3 Å². The Morgan fingerprint density at radius 1 is 1.17 bits per heavy atom. The van der Waals surface area contributed by atoms with Gasteiger partial charge < -0.3 is 5.32 Å². The number of hydrogen-bond donors (Lipinski definition) is 1. The number of carbonyl (C=O) groups excluding carboxylic acids is 1. The number of aromatic nitrogens is 2. The third-order valence-electron chi connectivity index (χ3n) is 4.65. The van der Waals surface area contributed by atoms with Gasteiger partial charge in [0.15, 0.2) is 16.8 Å². The van der Waals surface area contributed by atoms with Crippen LogP contribution in [0.4, 0.5) is 14.5 Å². The number of benzene rings is 2. The first-order valence-corrected chi connectivity index (χ1v) is 10.1. The SMILES string of the molecule is CC[C@H](C)n1c(S[C@@H](C)C(=O)Nc2ccc(F)c(F)c2)nc2ccccc2c1=O. The molecule has 29 heavy (non-hydrogen) atoms. The Morgan fingerprint density at radius 3 is 2.59 bits per heavy atom. The number of amides is 1. The fourth-order valence-electron chi connectivity index (χ4n) is 2.81. The van der Waals surface area contributed by atoms with Gasteiger partial charge in [-0.3, -0.25) is 14.2 Å². The Balaban J connectivity index is 1.90. The van der Waals surface area contributed by atoms with Gasteiger partial charge in [-0.1, -0.05) is 30.8 Å². The quantitative estimate of drug-likeness (QED) is 0.464. The number of rotatable bonds is 6. The lowest BCUT2D eigenvalue weighted by Gasteiger charge is -2.20. The molecule has 152 valence electrons. The van der Waals surface area contributed by atoms with Crippen LogP contribution in [0.5, 0.6) is 0 Å². The van der Waals surface area contributed by atoms with Gasteiger partial charge in [0, 0.05) is 17.8 Å². The van der Waals surface area contributed by atoms with Crippen molar-refractivity contribution in [2.24, 2.45) is 0 Å². The molecular formula is C21H21F2N3O2S. The van der Waals surface area contributed by atoms with E-state index < -0.39 is 22.8 Å². The van der Waals surface area contributed by atoms with Crippen LogP contribution >= 0.6 is 11.8 Å². The normalized spacial score (nSPS) is 13.3. The van der Waals surface area contributed by atoms with Crippen LogP contribution in [0, 0.1) is 11.6 Å². The molecule has 1 heterocycles. The van der Waals surface area contributed by atoms with Gasteiger partial charge in [0.2, 0.25) is 5.91 Å². The standard InChI is InChI=1S/C21H21F2N3O2S/c1-4-12(2)26-20(28)15-7-5-6-8-18(15)25-21(26)29-13(3)19(27)24-14-9-10-16(22)17(23)11-14/h5-13H,4H2,1-3H3,(H,24,27)/t12-,13-/m0/s1. The van der Waals surface area contributed by atoms with E-state index in [0.717, 1.165) is 30.3 Å². The molecule has 2 atom stereocenters. The first kappa shape index (κ1) is 21.0. The first-order chi connectivity index (χ1) is 13.8.